The number of carbonyl (C=O) groups excluding carboxylic acids is 1. The van der Waals surface area contributed by atoms with Gasteiger partial charge in [-0.2, -0.15) is 5.10 Å². The molecular weight excluding hydrogens is 360 g/mol. The van der Waals surface area contributed by atoms with Gasteiger partial charge in [0.2, 0.25) is 0 Å². The van der Waals surface area contributed by atoms with Crippen LogP contribution in [0.3, 0.4) is 0 Å². The molecule has 0 saturated carbocycles. The summed E-state index contributed by atoms with van der Waals surface area (Å²) in [4.78, 5) is 13.8. The van der Waals surface area contributed by atoms with E-state index in [1.54, 1.807) is 7.05 Å². The first-order chi connectivity index (χ1) is 13.5. The largest absolute Gasteiger partial charge is 0.342 e. The maximum Gasteiger partial charge on any atom is 0.253 e. The van der Waals surface area contributed by atoms with Crippen LogP contribution in [0.15, 0.2) is 54.6 Å². The number of benzene rings is 2. The van der Waals surface area contributed by atoms with E-state index in [-0.39, 0.29) is 11.5 Å². The number of aryl methyl sites for hydroxylation is 1. The molecular formula is C22H23F2N3O. The van der Waals surface area contributed by atoms with Gasteiger partial charge in [0.1, 0.15) is 0 Å². The second-order valence-corrected chi connectivity index (χ2v) is 6.81. The molecule has 0 fully saturated rings. The number of halogens is 2. The van der Waals surface area contributed by atoms with Crippen LogP contribution < -0.4 is 0 Å². The van der Waals surface area contributed by atoms with Gasteiger partial charge in [0.25, 0.3) is 5.91 Å². The molecule has 0 atom stereocenters. The van der Waals surface area contributed by atoms with Crippen molar-refractivity contribution in [2.45, 2.75) is 25.7 Å². The third-order valence-electron chi connectivity index (χ3n) is 4.65. The van der Waals surface area contributed by atoms with Crippen molar-refractivity contribution < 1.29 is 13.6 Å². The Labute approximate surface area is 163 Å². The molecule has 28 heavy (non-hydrogen) atoms. The second-order valence-electron chi connectivity index (χ2n) is 6.81. The second kappa shape index (κ2) is 9.26. The highest BCUT2D eigenvalue weighted by molar-refractivity contribution is 5.94. The van der Waals surface area contributed by atoms with E-state index in [9.17, 15) is 13.6 Å². The summed E-state index contributed by atoms with van der Waals surface area (Å²) < 4.78 is 26.3. The Morgan fingerprint density at radius 2 is 1.79 bits per heavy atom. The van der Waals surface area contributed by atoms with E-state index in [1.807, 2.05) is 30.3 Å². The summed E-state index contributed by atoms with van der Waals surface area (Å²) in [5.41, 5.74) is 3.27. The van der Waals surface area contributed by atoms with Crippen LogP contribution in [0.1, 0.15) is 35.3 Å². The molecule has 0 saturated heterocycles. The Hall–Kier alpha value is -3.02. The van der Waals surface area contributed by atoms with Crippen LogP contribution in [0.25, 0.3) is 11.3 Å². The standard InChI is InChI=1S/C22H23F2N3O/c1-27(22(28)17-11-12-19(23)20(24)14-17)13-7-3-6-10-18-15-21(26-25-18)16-8-4-2-5-9-16/h2,4-5,8-9,11-12,14-15H,3,6-7,10,13H2,1H3,(H,25,26). The number of hydrogen-bond acceptors (Lipinski definition) is 2. The highest BCUT2D eigenvalue weighted by Gasteiger charge is 2.13. The van der Waals surface area contributed by atoms with Crippen LogP contribution in [-0.2, 0) is 6.42 Å². The monoisotopic (exact) mass is 383 g/mol. The number of unbranched alkanes of at least 4 members (excludes halogenated alkanes) is 2. The third-order valence-corrected chi connectivity index (χ3v) is 4.65. The van der Waals surface area contributed by atoms with Crippen LogP contribution in [0, 0.1) is 11.6 Å². The molecule has 146 valence electrons. The molecule has 1 heterocycles. The van der Waals surface area contributed by atoms with E-state index in [4.69, 9.17) is 0 Å². The van der Waals surface area contributed by atoms with Crippen molar-refractivity contribution in [3.8, 4) is 11.3 Å². The molecule has 1 N–H and O–H groups in total. The molecule has 1 amide bonds. The predicted molar refractivity (Wildman–Crippen MR) is 105 cm³/mol. The maximum atomic E-state index is 13.3. The molecule has 4 nitrogen and oxygen atoms in total. The zero-order valence-corrected chi connectivity index (χ0v) is 15.8. The van der Waals surface area contributed by atoms with Gasteiger partial charge in [0.05, 0.1) is 5.69 Å². The molecule has 0 unspecified atom stereocenters. The summed E-state index contributed by atoms with van der Waals surface area (Å²) in [5, 5.41) is 7.42. The van der Waals surface area contributed by atoms with Crippen molar-refractivity contribution in [3.63, 3.8) is 0 Å². The lowest BCUT2D eigenvalue weighted by molar-refractivity contribution is 0.0792. The van der Waals surface area contributed by atoms with E-state index in [0.29, 0.717) is 6.54 Å². The molecule has 0 bridgehead atoms. The molecule has 3 rings (SSSR count). The Morgan fingerprint density at radius 3 is 2.54 bits per heavy atom. The van der Waals surface area contributed by atoms with E-state index >= 15 is 0 Å². The fourth-order valence-electron chi connectivity index (χ4n) is 3.04. The first-order valence-corrected chi connectivity index (χ1v) is 9.35. The van der Waals surface area contributed by atoms with Crippen LogP contribution in [0.5, 0.6) is 0 Å². The van der Waals surface area contributed by atoms with Crippen LogP contribution in [0.2, 0.25) is 0 Å². The van der Waals surface area contributed by atoms with Crippen molar-refractivity contribution in [2.24, 2.45) is 0 Å². The van der Waals surface area contributed by atoms with Gasteiger partial charge in [0, 0.05) is 30.4 Å². The van der Waals surface area contributed by atoms with Gasteiger partial charge in [-0.1, -0.05) is 36.8 Å². The van der Waals surface area contributed by atoms with Gasteiger partial charge in [-0.15, -0.1) is 0 Å². The predicted octanol–water partition coefficient (Wildman–Crippen LogP) is 4.84. The normalized spacial score (nSPS) is 10.8. The number of nitrogens with one attached hydrogen (secondary N) is 1. The Morgan fingerprint density at radius 1 is 1.00 bits per heavy atom. The van der Waals surface area contributed by atoms with Gasteiger partial charge >= 0.3 is 0 Å². The fourth-order valence-corrected chi connectivity index (χ4v) is 3.04. The molecule has 1 aromatic heterocycles. The lowest BCUT2D eigenvalue weighted by Crippen LogP contribution is -2.27. The van der Waals surface area contributed by atoms with Gasteiger partial charge in [-0.25, -0.2) is 8.78 Å². The maximum absolute atomic E-state index is 13.3. The summed E-state index contributed by atoms with van der Waals surface area (Å²) >= 11 is 0. The smallest absolute Gasteiger partial charge is 0.253 e. The molecule has 0 radical (unpaired) electrons. The molecule has 0 aliphatic heterocycles. The highest BCUT2D eigenvalue weighted by atomic mass is 19.2. The third kappa shape index (κ3) is 5.03. The number of hydrogen-bond donors (Lipinski definition) is 1. The number of rotatable bonds is 8. The minimum absolute atomic E-state index is 0.160. The van der Waals surface area contributed by atoms with Gasteiger partial charge in [-0.05, 0) is 43.5 Å². The zero-order valence-electron chi connectivity index (χ0n) is 15.8. The van der Waals surface area contributed by atoms with Crippen molar-refractivity contribution in [2.75, 3.05) is 13.6 Å². The summed E-state index contributed by atoms with van der Waals surface area (Å²) in [7, 11) is 1.67. The first kappa shape index (κ1) is 19.7. The van der Waals surface area contributed by atoms with Gasteiger partial charge in [-0.3, -0.25) is 9.89 Å². The fraction of sp³-hybridized carbons (Fsp3) is 0.273. The van der Waals surface area contributed by atoms with Crippen LogP contribution >= 0.6 is 0 Å². The lowest BCUT2D eigenvalue weighted by atomic mass is 10.1. The lowest BCUT2D eigenvalue weighted by Gasteiger charge is -2.17. The number of H-pyrrole nitrogens is 1. The van der Waals surface area contributed by atoms with Crippen molar-refractivity contribution in [3.05, 3.63) is 77.5 Å². The van der Waals surface area contributed by atoms with E-state index in [2.05, 4.69) is 16.3 Å². The first-order valence-electron chi connectivity index (χ1n) is 9.35. The SMILES string of the molecule is CN(CCCCCc1cc(-c2ccccc2)n[nH]1)C(=O)c1ccc(F)c(F)c1. The van der Waals surface area contributed by atoms with E-state index in [1.165, 1.54) is 11.0 Å². The Balaban J connectivity index is 1.40. The number of carbonyl (C=O) groups is 1. The summed E-state index contributed by atoms with van der Waals surface area (Å²) in [6, 6.07) is 15.3. The van der Waals surface area contributed by atoms with Crippen molar-refractivity contribution >= 4 is 5.91 Å². The van der Waals surface area contributed by atoms with E-state index < -0.39 is 11.6 Å². The van der Waals surface area contributed by atoms with E-state index in [0.717, 1.165) is 54.8 Å². The molecule has 6 heteroatoms. The highest BCUT2D eigenvalue weighted by Crippen LogP contribution is 2.18. The minimum atomic E-state index is -1.01. The number of amides is 1. The van der Waals surface area contributed by atoms with Crippen molar-refractivity contribution in [1.29, 1.82) is 0 Å². The number of aromatic nitrogens is 2. The Bertz CT molecular complexity index is 925. The Kier molecular flexibility index (Phi) is 6.53. The molecule has 2 aromatic carbocycles. The average molecular weight is 383 g/mol. The average Bonchev–Trinajstić information content (AvgIpc) is 3.19. The summed E-state index contributed by atoms with van der Waals surface area (Å²) in [6.45, 7) is 0.566. The van der Waals surface area contributed by atoms with Gasteiger partial charge < -0.3 is 4.90 Å². The molecule has 3 aromatic rings. The molecule has 0 aliphatic rings. The zero-order chi connectivity index (χ0) is 19.9. The van der Waals surface area contributed by atoms with Crippen molar-refractivity contribution in [1.82, 2.24) is 15.1 Å². The minimum Gasteiger partial charge on any atom is -0.342 e. The summed E-state index contributed by atoms with van der Waals surface area (Å²) in [6.07, 6.45) is 3.66. The number of aromatic amines is 1. The quantitative estimate of drug-likeness (QED) is 0.566. The van der Waals surface area contributed by atoms with Crippen LogP contribution in [0.4, 0.5) is 8.78 Å². The number of nitrogens with zero attached hydrogens (tertiary/aromatic N) is 2. The topological polar surface area (TPSA) is 49.0 Å². The van der Waals surface area contributed by atoms with Crippen LogP contribution in [-0.4, -0.2) is 34.6 Å². The summed E-state index contributed by atoms with van der Waals surface area (Å²) in [5.74, 6) is -2.26. The van der Waals surface area contributed by atoms with Gasteiger partial charge in [0.15, 0.2) is 11.6 Å². The molecule has 0 spiro atoms. The molecule has 0 aliphatic carbocycles.